The molecule has 0 spiro atoms. The van der Waals surface area contributed by atoms with Gasteiger partial charge in [0.05, 0.1) is 5.56 Å². The van der Waals surface area contributed by atoms with E-state index in [-0.39, 0.29) is 16.8 Å². The Balaban J connectivity index is 2.76. The number of carbonyl (C=O) groups excluding carboxylic acids is 4. The molecular weight excluding hydrogens is 468 g/mol. The Bertz CT molecular complexity index is 1090. The van der Waals surface area contributed by atoms with Crippen molar-refractivity contribution in [2.75, 3.05) is 6.61 Å². The van der Waals surface area contributed by atoms with Gasteiger partial charge in [-0.3, -0.25) is 19.2 Å². The van der Waals surface area contributed by atoms with Crippen molar-refractivity contribution in [1.82, 2.24) is 4.57 Å². The molecule has 0 amide bonds. The average Bonchev–Trinajstić information content (AvgIpc) is 2.72. The molecule has 0 N–H and O–H groups in total. The van der Waals surface area contributed by atoms with E-state index in [9.17, 15) is 24.4 Å². The number of hydrogen-bond donors (Lipinski definition) is 0. The van der Waals surface area contributed by atoms with Crippen LogP contribution in [0.25, 0.3) is 0 Å². The van der Waals surface area contributed by atoms with Gasteiger partial charge in [-0.1, -0.05) is 12.2 Å². The highest BCUT2D eigenvalue weighted by Crippen LogP contribution is 2.36. The van der Waals surface area contributed by atoms with Gasteiger partial charge in [-0.05, 0) is 25.5 Å². The lowest BCUT2D eigenvalue weighted by Gasteiger charge is -2.45. The minimum Gasteiger partial charge on any atom is -0.463 e. The SMILES string of the molecule is CC(=O)OC[C@@H]1O[C@H](n2c(C)c(C)cc(C#N)c2=S)[C@H](OC(C)=O)[C@H](OC(C)=O)[C@@H]1OC(C)=O. The lowest BCUT2D eigenvalue weighted by atomic mass is 9.96. The Morgan fingerprint density at radius 2 is 1.50 bits per heavy atom. The first-order valence-electron chi connectivity index (χ1n) is 10.3. The number of aromatic nitrogens is 1. The monoisotopic (exact) mass is 494 g/mol. The Labute approximate surface area is 201 Å². The van der Waals surface area contributed by atoms with Crippen LogP contribution >= 0.6 is 12.2 Å². The second-order valence-corrected chi connectivity index (χ2v) is 8.09. The number of carbonyl (C=O) groups is 4. The van der Waals surface area contributed by atoms with Crippen molar-refractivity contribution in [3.05, 3.63) is 27.5 Å². The van der Waals surface area contributed by atoms with Crippen molar-refractivity contribution in [3.8, 4) is 6.07 Å². The third-order valence-corrected chi connectivity index (χ3v) is 5.50. The Morgan fingerprint density at radius 1 is 0.971 bits per heavy atom. The lowest BCUT2D eigenvalue weighted by molar-refractivity contribution is -0.269. The summed E-state index contributed by atoms with van der Waals surface area (Å²) in [5, 5.41) is 9.54. The third-order valence-electron chi connectivity index (χ3n) is 5.08. The van der Waals surface area contributed by atoms with E-state index in [1.165, 1.54) is 11.5 Å². The van der Waals surface area contributed by atoms with Crippen LogP contribution in [0, 0.1) is 29.8 Å². The van der Waals surface area contributed by atoms with E-state index in [4.69, 9.17) is 35.9 Å². The maximum atomic E-state index is 12.0. The molecular formula is C22H26N2O9S. The summed E-state index contributed by atoms with van der Waals surface area (Å²) in [7, 11) is 0. The van der Waals surface area contributed by atoms with E-state index in [0.29, 0.717) is 11.3 Å². The predicted molar refractivity (Wildman–Crippen MR) is 117 cm³/mol. The average molecular weight is 495 g/mol. The standard InChI is InChI=1S/C22H26N2O9S/c1-10-7-16(8-23)22(34)24(11(10)2)21-20(32-15(6)28)19(31-14(5)27)18(30-13(4)26)17(33-21)9-29-12(3)25/h7,17-21H,9H2,1-6H3/t17-,18+,19+,20+,21-/m0/s1. The maximum Gasteiger partial charge on any atom is 0.303 e. The molecule has 1 aromatic heterocycles. The van der Waals surface area contributed by atoms with Gasteiger partial charge in [-0.15, -0.1) is 0 Å². The molecule has 0 aliphatic carbocycles. The third kappa shape index (κ3) is 6.18. The molecule has 5 atom stereocenters. The van der Waals surface area contributed by atoms with Crippen LogP contribution in [0.4, 0.5) is 0 Å². The van der Waals surface area contributed by atoms with Crippen molar-refractivity contribution in [1.29, 1.82) is 5.26 Å². The molecule has 1 fully saturated rings. The molecule has 0 bridgehead atoms. The Kier molecular flexibility index (Phi) is 8.89. The van der Waals surface area contributed by atoms with Crippen molar-refractivity contribution in [2.24, 2.45) is 0 Å². The molecule has 1 aliphatic heterocycles. The minimum absolute atomic E-state index is 0.0894. The first-order valence-corrected chi connectivity index (χ1v) is 10.7. The van der Waals surface area contributed by atoms with Crippen LogP contribution in [0.1, 0.15) is 50.7 Å². The molecule has 2 heterocycles. The van der Waals surface area contributed by atoms with E-state index in [1.807, 2.05) is 6.07 Å². The number of rotatable bonds is 6. The van der Waals surface area contributed by atoms with Crippen molar-refractivity contribution in [2.45, 2.75) is 72.2 Å². The second kappa shape index (κ2) is 11.2. The maximum absolute atomic E-state index is 12.0. The normalized spacial score (nSPS) is 23.9. The summed E-state index contributed by atoms with van der Waals surface area (Å²) in [6.07, 6.45) is -6.27. The van der Waals surface area contributed by atoms with Crippen LogP contribution in [0.2, 0.25) is 0 Å². The van der Waals surface area contributed by atoms with Gasteiger partial charge in [0.2, 0.25) is 0 Å². The highest BCUT2D eigenvalue weighted by Gasteiger charge is 2.53. The zero-order valence-electron chi connectivity index (χ0n) is 19.6. The van der Waals surface area contributed by atoms with Crippen molar-refractivity contribution >= 4 is 36.1 Å². The van der Waals surface area contributed by atoms with Gasteiger partial charge in [0.25, 0.3) is 0 Å². The van der Waals surface area contributed by atoms with Crippen LogP contribution < -0.4 is 0 Å². The summed E-state index contributed by atoms with van der Waals surface area (Å²) in [5.74, 6) is -2.82. The molecule has 11 nitrogen and oxygen atoms in total. The largest absolute Gasteiger partial charge is 0.463 e. The van der Waals surface area contributed by atoms with Gasteiger partial charge >= 0.3 is 23.9 Å². The first-order chi connectivity index (χ1) is 15.9. The highest BCUT2D eigenvalue weighted by atomic mass is 32.1. The van der Waals surface area contributed by atoms with Crippen LogP contribution in [0.3, 0.4) is 0 Å². The lowest BCUT2D eigenvalue weighted by Crippen LogP contribution is -2.60. The van der Waals surface area contributed by atoms with Gasteiger partial charge in [0, 0.05) is 33.4 Å². The van der Waals surface area contributed by atoms with E-state index >= 15 is 0 Å². The summed E-state index contributed by atoms with van der Waals surface area (Å²) in [6.45, 7) is 7.73. The molecule has 2 rings (SSSR count). The molecule has 0 radical (unpaired) electrons. The molecule has 184 valence electrons. The number of hydrogen-bond acceptors (Lipinski definition) is 11. The topological polar surface area (TPSA) is 143 Å². The van der Waals surface area contributed by atoms with Crippen LogP contribution in [0.15, 0.2) is 6.07 Å². The Morgan fingerprint density at radius 3 is 2.00 bits per heavy atom. The molecule has 0 aromatic carbocycles. The number of ether oxygens (including phenoxy) is 5. The van der Waals surface area contributed by atoms with Gasteiger partial charge in [-0.25, -0.2) is 0 Å². The van der Waals surface area contributed by atoms with Crippen molar-refractivity contribution in [3.63, 3.8) is 0 Å². The summed E-state index contributed by atoms with van der Waals surface area (Å²) in [6, 6.07) is 3.63. The fraction of sp³-hybridized carbons (Fsp3) is 0.545. The van der Waals surface area contributed by atoms with Gasteiger partial charge < -0.3 is 28.3 Å². The summed E-state index contributed by atoms with van der Waals surface area (Å²) in [4.78, 5) is 47.3. The number of nitrogens with zero attached hydrogens (tertiary/aromatic N) is 2. The van der Waals surface area contributed by atoms with E-state index < -0.39 is 54.5 Å². The zero-order valence-corrected chi connectivity index (χ0v) is 20.5. The van der Waals surface area contributed by atoms with Gasteiger partial charge in [0.15, 0.2) is 24.5 Å². The van der Waals surface area contributed by atoms with Crippen LogP contribution in [-0.2, 0) is 42.9 Å². The van der Waals surface area contributed by atoms with Gasteiger partial charge in [0.1, 0.15) is 23.4 Å². The zero-order chi connectivity index (χ0) is 25.7. The van der Waals surface area contributed by atoms with E-state index in [1.54, 1.807) is 19.9 Å². The number of aryl methyl sites for hydroxylation is 1. The molecule has 0 unspecified atom stereocenters. The fourth-order valence-corrected chi connectivity index (χ4v) is 4.00. The number of pyridine rings is 1. The molecule has 1 aromatic rings. The molecule has 34 heavy (non-hydrogen) atoms. The van der Waals surface area contributed by atoms with E-state index in [0.717, 1.165) is 20.8 Å². The molecule has 0 saturated carbocycles. The predicted octanol–water partition coefficient (Wildman–Crippen LogP) is 1.96. The Hall–Kier alpha value is -3.30. The first kappa shape index (κ1) is 26.9. The molecule has 1 saturated heterocycles. The smallest absolute Gasteiger partial charge is 0.303 e. The second-order valence-electron chi connectivity index (χ2n) is 7.70. The van der Waals surface area contributed by atoms with Crippen LogP contribution in [0.5, 0.6) is 0 Å². The van der Waals surface area contributed by atoms with Crippen molar-refractivity contribution < 1.29 is 42.9 Å². The van der Waals surface area contributed by atoms with Crippen LogP contribution in [-0.4, -0.2) is 59.5 Å². The number of esters is 4. The summed E-state index contributed by atoms with van der Waals surface area (Å²) < 4.78 is 29.1. The molecule has 1 aliphatic rings. The summed E-state index contributed by atoms with van der Waals surface area (Å²) in [5.41, 5.74) is 1.45. The quantitative estimate of drug-likeness (QED) is 0.325. The fourth-order valence-electron chi connectivity index (χ4n) is 3.65. The minimum atomic E-state index is -1.34. The summed E-state index contributed by atoms with van der Waals surface area (Å²) >= 11 is 5.50. The highest BCUT2D eigenvalue weighted by molar-refractivity contribution is 7.71. The number of nitriles is 1. The van der Waals surface area contributed by atoms with Gasteiger partial charge in [-0.2, -0.15) is 5.26 Å². The van der Waals surface area contributed by atoms with E-state index in [2.05, 4.69) is 0 Å². The molecule has 12 heteroatoms.